The van der Waals surface area contributed by atoms with Gasteiger partial charge in [0.2, 0.25) is 10.0 Å². The summed E-state index contributed by atoms with van der Waals surface area (Å²) in [4.78, 5) is 0.315. The molecule has 4 nitrogen and oxygen atoms in total. The molecule has 1 fully saturated rings. The van der Waals surface area contributed by atoms with E-state index in [1.807, 2.05) is 0 Å². The zero-order valence-electron chi connectivity index (χ0n) is 11.7. The van der Waals surface area contributed by atoms with Gasteiger partial charge < -0.3 is 5.73 Å². The van der Waals surface area contributed by atoms with Crippen molar-refractivity contribution in [3.63, 3.8) is 0 Å². The number of nitrogens with zero attached hydrogens (tertiary/aromatic N) is 1. The summed E-state index contributed by atoms with van der Waals surface area (Å²) in [6.45, 7) is 1.00. The first-order valence-electron chi connectivity index (χ1n) is 6.90. The van der Waals surface area contributed by atoms with E-state index in [1.54, 1.807) is 25.2 Å². The average Bonchev–Trinajstić information content (AvgIpc) is 2.91. The molecule has 2 rings (SSSR count). The van der Waals surface area contributed by atoms with Gasteiger partial charge in [0, 0.05) is 24.6 Å². The standard InChI is InChI=1S/C14H21BrN2O2S/c1-17(10-11-4-2-3-5-11)20(18,19)14-7-6-12(9-16)8-13(14)15/h6-8,11H,2-5,9-10,16H2,1H3. The van der Waals surface area contributed by atoms with Crippen LogP contribution in [0, 0.1) is 5.92 Å². The Morgan fingerprint density at radius 2 is 2.00 bits per heavy atom. The Kier molecular flexibility index (Phi) is 5.23. The minimum absolute atomic E-state index is 0.315. The highest BCUT2D eigenvalue weighted by atomic mass is 79.9. The molecule has 20 heavy (non-hydrogen) atoms. The van der Waals surface area contributed by atoms with Crippen LogP contribution in [0.4, 0.5) is 0 Å². The second-order valence-electron chi connectivity index (χ2n) is 5.40. The van der Waals surface area contributed by atoms with Gasteiger partial charge in [0.15, 0.2) is 0 Å². The van der Waals surface area contributed by atoms with Crippen LogP contribution >= 0.6 is 15.9 Å². The van der Waals surface area contributed by atoms with Crippen molar-refractivity contribution >= 4 is 26.0 Å². The summed E-state index contributed by atoms with van der Waals surface area (Å²) in [6.07, 6.45) is 4.70. The minimum Gasteiger partial charge on any atom is -0.326 e. The van der Waals surface area contributed by atoms with E-state index in [2.05, 4.69) is 15.9 Å². The van der Waals surface area contributed by atoms with Crippen LogP contribution in [0.1, 0.15) is 31.2 Å². The summed E-state index contributed by atoms with van der Waals surface area (Å²) in [7, 11) is -1.77. The number of halogens is 1. The lowest BCUT2D eigenvalue weighted by Crippen LogP contribution is -2.31. The molecular formula is C14H21BrN2O2S. The van der Waals surface area contributed by atoms with E-state index in [4.69, 9.17) is 5.73 Å². The summed E-state index contributed by atoms with van der Waals surface area (Å²) < 4.78 is 27.3. The molecule has 0 bridgehead atoms. The molecule has 0 spiro atoms. The number of nitrogens with two attached hydrogens (primary N) is 1. The number of rotatable bonds is 5. The van der Waals surface area contributed by atoms with E-state index in [1.165, 1.54) is 17.1 Å². The Morgan fingerprint density at radius 1 is 1.35 bits per heavy atom. The molecule has 0 amide bonds. The van der Waals surface area contributed by atoms with E-state index < -0.39 is 10.0 Å². The van der Waals surface area contributed by atoms with E-state index >= 15 is 0 Å². The number of sulfonamides is 1. The first kappa shape index (κ1) is 15.9. The van der Waals surface area contributed by atoms with Crippen molar-refractivity contribution in [1.82, 2.24) is 4.31 Å². The molecule has 0 radical (unpaired) electrons. The fourth-order valence-corrected chi connectivity index (χ4v) is 5.03. The van der Waals surface area contributed by atoms with Crippen LogP contribution in [0.2, 0.25) is 0 Å². The normalized spacial score (nSPS) is 17.0. The van der Waals surface area contributed by atoms with Crippen LogP contribution in [0.15, 0.2) is 27.6 Å². The highest BCUT2D eigenvalue weighted by Gasteiger charge is 2.27. The van der Waals surface area contributed by atoms with Gasteiger partial charge in [0.05, 0.1) is 4.90 Å². The summed E-state index contributed by atoms with van der Waals surface area (Å²) in [5, 5.41) is 0. The zero-order valence-corrected chi connectivity index (χ0v) is 14.1. The Hall–Kier alpha value is -0.430. The second kappa shape index (κ2) is 6.56. The van der Waals surface area contributed by atoms with E-state index in [-0.39, 0.29) is 0 Å². The van der Waals surface area contributed by atoms with Gasteiger partial charge in [-0.05, 0) is 52.4 Å². The van der Waals surface area contributed by atoms with Gasteiger partial charge in [-0.3, -0.25) is 0 Å². The Balaban J connectivity index is 2.20. The largest absolute Gasteiger partial charge is 0.326 e. The molecule has 2 N–H and O–H groups in total. The molecule has 6 heteroatoms. The van der Waals surface area contributed by atoms with Gasteiger partial charge in [0.1, 0.15) is 0 Å². The van der Waals surface area contributed by atoms with E-state index in [0.29, 0.717) is 28.4 Å². The van der Waals surface area contributed by atoms with Gasteiger partial charge in [-0.25, -0.2) is 12.7 Å². The van der Waals surface area contributed by atoms with Crippen molar-refractivity contribution in [3.8, 4) is 0 Å². The van der Waals surface area contributed by atoms with Crippen LogP contribution in [-0.2, 0) is 16.6 Å². The predicted molar refractivity (Wildman–Crippen MR) is 83.8 cm³/mol. The monoisotopic (exact) mass is 360 g/mol. The Labute approximate surface area is 129 Å². The summed E-state index contributed by atoms with van der Waals surface area (Å²) in [5.41, 5.74) is 6.48. The van der Waals surface area contributed by atoms with Crippen molar-refractivity contribution in [2.45, 2.75) is 37.1 Å². The molecule has 1 aromatic rings. The lowest BCUT2D eigenvalue weighted by atomic mass is 10.1. The molecule has 1 aromatic carbocycles. The fourth-order valence-electron chi connectivity index (χ4n) is 2.70. The third-order valence-electron chi connectivity index (χ3n) is 3.91. The number of hydrogen-bond acceptors (Lipinski definition) is 3. The van der Waals surface area contributed by atoms with Gasteiger partial charge in [-0.2, -0.15) is 0 Å². The molecule has 0 aliphatic heterocycles. The maximum absolute atomic E-state index is 12.6. The minimum atomic E-state index is -3.44. The molecule has 112 valence electrons. The lowest BCUT2D eigenvalue weighted by molar-refractivity contribution is 0.387. The van der Waals surface area contributed by atoms with Crippen LogP contribution in [0.3, 0.4) is 0 Å². The number of benzene rings is 1. The molecule has 1 saturated carbocycles. The molecule has 0 aromatic heterocycles. The van der Waals surface area contributed by atoms with Gasteiger partial charge in [-0.1, -0.05) is 18.9 Å². The molecule has 1 aliphatic carbocycles. The lowest BCUT2D eigenvalue weighted by Gasteiger charge is -2.21. The summed E-state index contributed by atoms with van der Waals surface area (Å²) in [5.74, 6) is 0.497. The molecule has 0 heterocycles. The SMILES string of the molecule is CN(CC1CCCC1)S(=O)(=O)c1ccc(CN)cc1Br. The molecule has 1 aliphatic rings. The van der Waals surface area contributed by atoms with Crippen molar-refractivity contribution in [1.29, 1.82) is 0 Å². The summed E-state index contributed by atoms with van der Waals surface area (Å²) in [6, 6.07) is 5.17. The van der Waals surface area contributed by atoms with E-state index in [9.17, 15) is 8.42 Å². The van der Waals surface area contributed by atoms with Gasteiger partial charge in [0.25, 0.3) is 0 Å². The average molecular weight is 361 g/mol. The van der Waals surface area contributed by atoms with Crippen LogP contribution in [-0.4, -0.2) is 26.3 Å². The van der Waals surface area contributed by atoms with Crippen LogP contribution < -0.4 is 5.73 Å². The van der Waals surface area contributed by atoms with Crippen LogP contribution in [0.5, 0.6) is 0 Å². The van der Waals surface area contributed by atoms with Gasteiger partial charge in [-0.15, -0.1) is 0 Å². The van der Waals surface area contributed by atoms with Crippen molar-refractivity contribution < 1.29 is 8.42 Å². The molecular weight excluding hydrogens is 340 g/mol. The predicted octanol–water partition coefficient (Wildman–Crippen LogP) is 2.72. The highest BCUT2D eigenvalue weighted by Crippen LogP contribution is 2.29. The number of hydrogen-bond donors (Lipinski definition) is 1. The third-order valence-corrected chi connectivity index (χ3v) is 6.71. The van der Waals surface area contributed by atoms with Crippen molar-refractivity contribution in [3.05, 3.63) is 28.2 Å². The smallest absolute Gasteiger partial charge is 0.243 e. The third kappa shape index (κ3) is 3.42. The van der Waals surface area contributed by atoms with E-state index in [0.717, 1.165) is 18.4 Å². The van der Waals surface area contributed by atoms with Gasteiger partial charge >= 0.3 is 0 Å². The van der Waals surface area contributed by atoms with Crippen LogP contribution in [0.25, 0.3) is 0 Å². The molecule has 0 unspecified atom stereocenters. The first-order chi connectivity index (χ1) is 9.45. The topological polar surface area (TPSA) is 63.4 Å². The van der Waals surface area contributed by atoms with Crippen molar-refractivity contribution in [2.24, 2.45) is 11.7 Å². The zero-order chi connectivity index (χ0) is 14.8. The highest BCUT2D eigenvalue weighted by molar-refractivity contribution is 9.10. The Bertz CT molecular complexity index is 569. The second-order valence-corrected chi connectivity index (χ2v) is 8.27. The fraction of sp³-hybridized carbons (Fsp3) is 0.571. The van der Waals surface area contributed by atoms with Crippen molar-refractivity contribution in [2.75, 3.05) is 13.6 Å². The quantitative estimate of drug-likeness (QED) is 0.877. The summed E-state index contributed by atoms with van der Waals surface area (Å²) >= 11 is 3.34. The maximum atomic E-state index is 12.6. The molecule has 0 atom stereocenters. The first-order valence-corrected chi connectivity index (χ1v) is 9.13. The maximum Gasteiger partial charge on any atom is 0.243 e. The Morgan fingerprint density at radius 3 is 2.55 bits per heavy atom. The molecule has 0 saturated heterocycles.